The second kappa shape index (κ2) is 12.1. The minimum Gasteiger partial charge on any atom is -0.493 e. The molecule has 0 aliphatic carbocycles. The molecule has 0 radical (unpaired) electrons. The maximum atomic E-state index is 14.2. The topological polar surface area (TPSA) is 84.1 Å². The fourth-order valence-electron chi connectivity index (χ4n) is 5.57. The average Bonchev–Trinajstić information content (AvgIpc) is 3.41. The Morgan fingerprint density at radius 1 is 1.07 bits per heavy atom. The molecule has 0 N–H and O–H groups in total. The number of ether oxygens (including phenoxy) is 3. The number of aryl methyl sites for hydroxylation is 2. The van der Waals surface area contributed by atoms with Gasteiger partial charge >= 0.3 is 5.97 Å². The number of fused-ring (bicyclic) bond motifs is 1. The van der Waals surface area contributed by atoms with Crippen molar-refractivity contribution < 1.29 is 19.0 Å². The van der Waals surface area contributed by atoms with Crippen LogP contribution in [0.2, 0.25) is 0 Å². The van der Waals surface area contributed by atoms with Crippen LogP contribution in [-0.4, -0.2) is 34.9 Å². The molecule has 224 valence electrons. The monoisotopic (exact) mass is 599 g/mol. The van der Waals surface area contributed by atoms with E-state index in [9.17, 15) is 9.59 Å². The third-order valence-corrected chi connectivity index (χ3v) is 8.48. The molecule has 2 aromatic carbocycles. The van der Waals surface area contributed by atoms with Crippen LogP contribution in [-0.2, 0) is 9.53 Å². The maximum Gasteiger partial charge on any atom is 0.338 e. The lowest BCUT2D eigenvalue weighted by molar-refractivity contribution is -0.139. The zero-order valence-electron chi connectivity index (χ0n) is 25.8. The summed E-state index contributed by atoms with van der Waals surface area (Å²) in [5.41, 5.74) is 6.60. The number of para-hydroxylation sites is 1. The molecule has 5 rings (SSSR count). The summed E-state index contributed by atoms with van der Waals surface area (Å²) >= 11 is 1.31. The van der Waals surface area contributed by atoms with Gasteiger partial charge in [-0.3, -0.25) is 9.36 Å². The summed E-state index contributed by atoms with van der Waals surface area (Å²) in [5, 5.41) is 0. The van der Waals surface area contributed by atoms with E-state index in [1.165, 1.54) is 11.3 Å². The standard InChI is InChI=1S/C34H37N3O5S/c1-9-41-33(39)30-22(6)35-34-37(31(30)24-14-15-27(42-19(2)3)28(17-24)40-8)32(38)29(43-34)18-25-16-21(5)36(23(25)7)26-13-11-10-12-20(26)4/h10-19,31H,9H2,1-8H3/b29-18-/t31-/m1/s1. The first-order valence-corrected chi connectivity index (χ1v) is 15.2. The molecule has 9 heteroatoms. The highest BCUT2D eigenvalue weighted by Gasteiger charge is 2.34. The van der Waals surface area contributed by atoms with Crippen LogP contribution in [0.5, 0.6) is 11.5 Å². The molecule has 0 saturated heterocycles. The highest BCUT2D eigenvalue weighted by atomic mass is 32.1. The van der Waals surface area contributed by atoms with E-state index in [1.54, 1.807) is 25.5 Å². The number of nitrogens with zero attached hydrogens (tertiary/aromatic N) is 3. The number of carbonyl (C=O) groups excluding carboxylic acids is 1. The first-order valence-electron chi connectivity index (χ1n) is 14.3. The van der Waals surface area contributed by atoms with Crippen molar-refractivity contribution in [2.45, 2.75) is 60.6 Å². The molecule has 0 bridgehead atoms. The molecule has 1 atom stereocenters. The Bertz CT molecular complexity index is 1930. The zero-order chi connectivity index (χ0) is 31.0. The summed E-state index contributed by atoms with van der Waals surface area (Å²) in [7, 11) is 1.57. The predicted octanol–water partition coefficient (Wildman–Crippen LogP) is 5.31. The third kappa shape index (κ3) is 5.57. The summed E-state index contributed by atoms with van der Waals surface area (Å²) in [6.45, 7) is 13.8. The molecule has 0 saturated carbocycles. The Balaban J connectivity index is 1.70. The van der Waals surface area contributed by atoms with E-state index in [4.69, 9.17) is 19.2 Å². The summed E-state index contributed by atoms with van der Waals surface area (Å²) in [6.07, 6.45) is 1.86. The number of rotatable bonds is 8. The zero-order valence-corrected chi connectivity index (χ0v) is 26.7. The van der Waals surface area contributed by atoms with Crippen LogP contribution in [0.15, 0.2) is 69.6 Å². The summed E-state index contributed by atoms with van der Waals surface area (Å²) in [5.74, 6) is 0.581. The van der Waals surface area contributed by atoms with Crippen LogP contribution in [0.3, 0.4) is 0 Å². The smallest absolute Gasteiger partial charge is 0.338 e. The number of methoxy groups -OCH3 is 1. The van der Waals surface area contributed by atoms with E-state index >= 15 is 0 Å². The van der Waals surface area contributed by atoms with Gasteiger partial charge in [0.1, 0.15) is 0 Å². The van der Waals surface area contributed by atoms with E-state index in [0.29, 0.717) is 37.7 Å². The number of aromatic nitrogens is 2. The van der Waals surface area contributed by atoms with Crippen molar-refractivity contribution in [1.82, 2.24) is 9.13 Å². The van der Waals surface area contributed by atoms with Gasteiger partial charge in [-0.2, -0.15) is 0 Å². The van der Waals surface area contributed by atoms with Gasteiger partial charge in [-0.15, -0.1) is 0 Å². The molecule has 0 amide bonds. The molecule has 3 heterocycles. The Morgan fingerprint density at radius 3 is 2.49 bits per heavy atom. The van der Waals surface area contributed by atoms with Crippen LogP contribution in [0.4, 0.5) is 0 Å². The molecule has 4 aromatic rings. The van der Waals surface area contributed by atoms with E-state index in [2.05, 4.69) is 43.5 Å². The minimum atomic E-state index is -0.751. The van der Waals surface area contributed by atoms with Gasteiger partial charge in [-0.1, -0.05) is 35.6 Å². The van der Waals surface area contributed by atoms with Crippen molar-refractivity contribution in [1.29, 1.82) is 0 Å². The van der Waals surface area contributed by atoms with Gasteiger partial charge in [-0.05, 0) is 95.5 Å². The molecule has 0 spiro atoms. The van der Waals surface area contributed by atoms with Crippen molar-refractivity contribution in [2.75, 3.05) is 13.7 Å². The number of hydrogen-bond acceptors (Lipinski definition) is 7. The van der Waals surface area contributed by atoms with Crippen molar-refractivity contribution in [3.63, 3.8) is 0 Å². The second-order valence-electron chi connectivity index (χ2n) is 10.8. The lowest BCUT2D eigenvalue weighted by Gasteiger charge is -2.25. The number of hydrogen-bond donors (Lipinski definition) is 0. The van der Waals surface area contributed by atoms with Crippen LogP contribution >= 0.6 is 11.3 Å². The molecule has 1 aliphatic rings. The fraction of sp³-hybridized carbons (Fsp3) is 0.324. The van der Waals surface area contributed by atoms with Gasteiger partial charge in [-0.25, -0.2) is 9.79 Å². The van der Waals surface area contributed by atoms with Gasteiger partial charge in [0, 0.05) is 17.1 Å². The molecule has 8 nitrogen and oxygen atoms in total. The Morgan fingerprint density at radius 2 is 1.81 bits per heavy atom. The average molecular weight is 600 g/mol. The lowest BCUT2D eigenvalue weighted by atomic mass is 9.95. The predicted molar refractivity (Wildman–Crippen MR) is 169 cm³/mol. The Labute approximate surface area is 255 Å². The van der Waals surface area contributed by atoms with E-state index in [0.717, 1.165) is 28.2 Å². The van der Waals surface area contributed by atoms with E-state index < -0.39 is 12.0 Å². The molecule has 2 aromatic heterocycles. The van der Waals surface area contributed by atoms with Crippen LogP contribution in [0, 0.1) is 20.8 Å². The molecular weight excluding hydrogens is 562 g/mol. The largest absolute Gasteiger partial charge is 0.493 e. The van der Waals surface area contributed by atoms with Crippen LogP contribution in [0.1, 0.15) is 61.8 Å². The van der Waals surface area contributed by atoms with Crippen molar-refractivity contribution in [2.24, 2.45) is 4.99 Å². The quantitative estimate of drug-likeness (QED) is 0.257. The first-order chi connectivity index (χ1) is 20.5. The highest BCUT2D eigenvalue weighted by Crippen LogP contribution is 2.36. The van der Waals surface area contributed by atoms with Gasteiger partial charge in [0.25, 0.3) is 5.56 Å². The number of carbonyl (C=O) groups is 1. The second-order valence-corrected chi connectivity index (χ2v) is 11.8. The highest BCUT2D eigenvalue weighted by molar-refractivity contribution is 7.07. The molecule has 0 unspecified atom stereocenters. The van der Waals surface area contributed by atoms with Crippen molar-refractivity contribution in [3.8, 4) is 17.2 Å². The van der Waals surface area contributed by atoms with Gasteiger partial charge in [0.15, 0.2) is 16.3 Å². The first kappa shape index (κ1) is 30.1. The Kier molecular flexibility index (Phi) is 8.46. The summed E-state index contributed by atoms with van der Waals surface area (Å²) in [6, 6.07) is 15.1. The molecule has 43 heavy (non-hydrogen) atoms. The molecule has 1 aliphatic heterocycles. The Hall–Kier alpha value is -4.37. The van der Waals surface area contributed by atoms with E-state index in [1.807, 2.05) is 50.3 Å². The third-order valence-electron chi connectivity index (χ3n) is 7.50. The maximum absolute atomic E-state index is 14.2. The van der Waals surface area contributed by atoms with Gasteiger partial charge < -0.3 is 18.8 Å². The van der Waals surface area contributed by atoms with Crippen molar-refractivity contribution in [3.05, 3.63) is 108 Å². The number of thiazole rings is 1. The lowest BCUT2D eigenvalue weighted by Crippen LogP contribution is -2.40. The van der Waals surface area contributed by atoms with E-state index in [-0.39, 0.29) is 18.3 Å². The minimum absolute atomic E-state index is 0.0533. The normalized spacial score (nSPS) is 15.0. The summed E-state index contributed by atoms with van der Waals surface area (Å²) in [4.78, 5) is 32.7. The van der Waals surface area contributed by atoms with Crippen LogP contribution in [0.25, 0.3) is 11.8 Å². The number of allylic oxidation sites excluding steroid dienone is 1. The number of benzene rings is 2. The SMILES string of the molecule is CCOC(=O)C1=C(C)N=c2s/c(=C\c3cc(C)n(-c4ccccc4C)c3C)c(=O)n2[C@@H]1c1ccc(OC(C)C)c(OC)c1. The number of esters is 1. The van der Waals surface area contributed by atoms with Crippen LogP contribution < -0.4 is 24.4 Å². The molecular formula is C34H37N3O5S. The van der Waals surface area contributed by atoms with Gasteiger partial charge in [0.05, 0.1) is 41.7 Å². The molecule has 0 fully saturated rings. The van der Waals surface area contributed by atoms with Gasteiger partial charge in [0.2, 0.25) is 0 Å². The summed E-state index contributed by atoms with van der Waals surface area (Å²) < 4.78 is 21.3. The van der Waals surface area contributed by atoms with Crippen molar-refractivity contribution >= 4 is 23.4 Å². The fourth-order valence-corrected chi connectivity index (χ4v) is 6.61.